The zero-order valence-electron chi connectivity index (χ0n) is 11.4. The average molecular weight is 287 g/mol. The number of methoxy groups -OCH3 is 1. The molecular weight excluding hydrogens is 264 g/mol. The van der Waals surface area contributed by atoms with Crippen LogP contribution >= 0.6 is 12.4 Å². The van der Waals surface area contributed by atoms with Gasteiger partial charge in [0.25, 0.3) is 0 Å². The van der Waals surface area contributed by atoms with Crippen LogP contribution in [0, 0.1) is 0 Å². The Morgan fingerprint density at radius 3 is 2.74 bits per heavy atom. The molecule has 5 heteroatoms. The van der Waals surface area contributed by atoms with Gasteiger partial charge < -0.3 is 15.2 Å². The average Bonchev–Trinajstić information content (AvgIpc) is 2.87. The molecule has 0 aromatic heterocycles. The first-order valence-corrected chi connectivity index (χ1v) is 6.55. The molecule has 1 heterocycles. The maximum Gasteiger partial charge on any atom is 0.161 e. The summed E-state index contributed by atoms with van der Waals surface area (Å²) in [7, 11) is 1.66. The number of nitrogens with zero attached hydrogens (tertiary/aromatic N) is 1. The summed E-state index contributed by atoms with van der Waals surface area (Å²) < 4.78 is 11.0. The molecule has 2 N–H and O–H groups in total. The molecule has 0 saturated carbocycles. The van der Waals surface area contributed by atoms with E-state index in [1.165, 1.54) is 12.8 Å². The Balaban J connectivity index is 0.00000180. The van der Waals surface area contributed by atoms with Gasteiger partial charge in [0.05, 0.1) is 7.11 Å². The first-order chi connectivity index (χ1) is 8.85. The summed E-state index contributed by atoms with van der Waals surface area (Å²) in [6, 6.07) is 8.27. The molecule has 1 fully saturated rings. The maximum absolute atomic E-state index is 5.78. The zero-order valence-corrected chi connectivity index (χ0v) is 12.2. The predicted molar refractivity (Wildman–Crippen MR) is 79.4 cm³/mol. The minimum atomic E-state index is 0. The summed E-state index contributed by atoms with van der Waals surface area (Å²) in [5.41, 5.74) is 5.75. The van der Waals surface area contributed by atoms with E-state index in [2.05, 4.69) is 4.90 Å². The number of likely N-dealkylation sites (tertiary alicyclic amines) is 1. The normalized spacial score (nSPS) is 18.9. The molecule has 0 bridgehead atoms. The van der Waals surface area contributed by atoms with E-state index in [4.69, 9.17) is 15.2 Å². The Kier molecular flexibility index (Phi) is 6.99. The highest BCUT2D eigenvalue weighted by Crippen LogP contribution is 2.25. The lowest BCUT2D eigenvalue weighted by molar-refractivity contribution is 0.195. The second-order valence-electron chi connectivity index (χ2n) is 4.57. The van der Waals surface area contributed by atoms with E-state index < -0.39 is 0 Å². The fourth-order valence-corrected chi connectivity index (χ4v) is 2.47. The van der Waals surface area contributed by atoms with Gasteiger partial charge in [-0.25, -0.2) is 0 Å². The Morgan fingerprint density at radius 2 is 2.05 bits per heavy atom. The van der Waals surface area contributed by atoms with Crippen molar-refractivity contribution in [1.29, 1.82) is 0 Å². The summed E-state index contributed by atoms with van der Waals surface area (Å²) in [6.45, 7) is 3.49. The lowest BCUT2D eigenvalue weighted by atomic mass is 10.2. The molecule has 2 rings (SSSR count). The van der Waals surface area contributed by atoms with E-state index in [0.29, 0.717) is 12.6 Å². The molecule has 4 nitrogen and oxygen atoms in total. The number of benzene rings is 1. The Bertz CT molecular complexity index is 376. The third-order valence-corrected chi connectivity index (χ3v) is 3.48. The lowest BCUT2D eigenvalue weighted by Gasteiger charge is -2.23. The van der Waals surface area contributed by atoms with Crippen LogP contribution in [0.1, 0.15) is 12.8 Å². The Hall–Kier alpha value is -0.970. The number of hydrogen-bond acceptors (Lipinski definition) is 4. The van der Waals surface area contributed by atoms with Gasteiger partial charge in [0.15, 0.2) is 11.5 Å². The molecule has 1 aliphatic heterocycles. The van der Waals surface area contributed by atoms with Gasteiger partial charge in [0, 0.05) is 19.1 Å². The van der Waals surface area contributed by atoms with Crippen LogP contribution in [0.4, 0.5) is 0 Å². The number of hydrogen-bond donors (Lipinski definition) is 1. The van der Waals surface area contributed by atoms with Crippen LogP contribution < -0.4 is 15.2 Å². The topological polar surface area (TPSA) is 47.7 Å². The molecule has 1 aromatic carbocycles. The fourth-order valence-electron chi connectivity index (χ4n) is 2.47. The highest BCUT2D eigenvalue weighted by Gasteiger charge is 2.22. The van der Waals surface area contributed by atoms with Gasteiger partial charge >= 0.3 is 0 Å². The van der Waals surface area contributed by atoms with E-state index in [0.717, 1.165) is 31.1 Å². The van der Waals surface area contributed by atoms with Gasteiger partial charge in [-0.05, 0) is 31.5 Å². The van der Waals surface area contributed by atoms with Crippen LogP contribution in [0.25, 0.3) is 0 Å². The molecule has 1 aliphatic rings. The van der Waals surface area contributed by atoms with Gasteiger partial charge in [0.1, 0.15) is 6.61 Å². The summed E-state index contributed by atoms with van der Waals surface area (Å²) in [5, 5.41) is 0. The third kappa shape index (κ3) is 4.27. The quantitative estimate of drug-likeness (QED) is 0.868. The number of ether oxygens (including phenoxy) is 2. The molecule has 0 aliphatic carbocycles. The first-order valence-electron chi connectivity index (χ1n) is 6.55. The fraction of sp³-hybridized carbons (Fsp3) is 0.571. The number of nitrogens with two attached hydrogens (primary N) is 1. The largest absolute Gasteiger partial charge is 0.493 e. The SMILES string of the molecule is COc1ccccc1OCCN1CCCC1CN.Cl. The smallest absolute Gasteiger partial charge is 0.161 e. The minimum absolute atomic E-state index is 0. The highest BCUT2D eigenvalue weighted by atomic mass is 35.5. The molecule has 19 heavy (non-hydrogen) atoms. The van der Waals surface area contributed by atoms with E-state index in [-0.39, 0.29) is 12.4 Å². The van der Waals surface area contributed by atoms with E-state index in [1.54, 1.807) is 7.11 Å². The molecular formula is C14H23ClN2O2. The van der Waals surface area contributed by atoms with Crippen LogP contribution in [0.15, 0.2) is 24.3 Å². The van der Waals surface area contributed by atoms with Crippen molar-refractivity contribution in [3.8, 4) is 11.5 Å². The van der Waals surface area contributed by atoms with Crippen LogP contribution in [-0.2, 0) is 0 Å². The van der Waals surface area contributed by atoms with Gasteiger partial charge in [-0.2, -0.15) is 0 Å². The first kappa shape index (κ1) is 16.1. The van der Waals surface area contributed by atoms with Crippen molar-refractivity contribution in [1.82, 2.24) is 4.90 Å². The molecule has 0 amide bonds. The number of para-hydroxylation sites is 2. The maximum atomic E-state index is 5.78. The molecule has 108 valence electrons. The summed E-state index contributed by atoms with van der Waals surface area (Å²) in [4.78, 5) is 2.41. The van der Waals surface area contributed by atoms with Crippen molar-refractivity contribution < 1.29 is 9.47 Å². The monoisotopic (exact) mass is 286 g/mol. The standard InChI is InChI=1S/C14H22N2O2.ClH/c1-17-13-6-2-3-7-14(13)18-10-9-16-8-4-5-12(16)11-15;/h2-3,6-7,12H,4-5,8-11,15H2,1H3;1H. The number of halogens is 1. The van der Waals surface area contributed by atoms with Gasteiger partial charge in [-0.15, -0.1) is 12.4 Å². The van der Waals surface area contributed by atoms with Crippen molar-refractivity contribution in [2.24, 2.45) is 5.73 Å². The van der Waals surface area contributed by atoms with Crippen molar-refractivity contribution in [3.63, 3.8) is 0 Å². The summed E-state index contributed by atoms with van der Waals surface area (Å²) >= 11 is 0. The van der Waals surface area contributed by atoms with Crippen molar-refractivity contribution in [2.75, 3.05) is 33.4 Å². The summed E-state index contributed by atoms with van der Waals surface area (Å²) in [6.07, 6.45) is 2.46. The van der Waals surface area contributed by atoms with Crippen LogP contribution in [0.3, 0.4) is 0 Å². The van der Waals surface area contributed by atoms with Crippen molar-refractivity contribution in [2.45, 2.75) is 18.9 Å². The molecule has 1 atom stereocenters. The van der Waals surface area contributed by atoms with E-state index in [1.807, 2.05) is 24.3 Å². The second-order valence-corrected chi connectivity index (χ2v) is 4.57. The van der Waals surface area contributed by atoms with E-state index >= 15 is 0 Å². The molecule has 1 unspecified atom stereocenters. The molecule has 1 saturated heterocycles. The van der Waals surface area contributed by atoms with Crippen LogP contribution in [0.2, 0.25) is 0 Å². The van der Waals surface area contributed by atoms with Gasteiger partial charge in [-0.1, -0.05) is 12.1 Å². The Labute approximate surface area is 121 Å². The molecule has 0 radical (unpaired) electrons. The van der Waals surface area contributed by atoms with E-state index in [9.17, 15) is 0 Å². The van der Waals surface area contributed by atoms with Crippen molar-refractivity contribution >= 4 is 12.4 Å². The van der Waals surface area contributed by atoms with Crippen LogP contribution in [-0.4, -0.2) is 44.3 Å². The minimum Gasteiger partial charge on any atom is -0.493 e. The van der Waals surface area contributed by atoms with Crippen molar-refractivity contribution in [3.05, 3.63) is 24.3 Å². The van der Waals surface area contributed by atoms with Gasteiger partial charge in [-0.3, -0.25) is 4.90 Å². The van der Waals surface area contributed by atoms with Crippen LogP contribution in [0.5, 0.6) is 11.5 Å². The molecule has 1 aromatic rings. The third-order valence-electron chi connectivity index (χ3n) is 3.48. The second kappa shape index (κ2) is 8.25. The van der Waals surface area contributed by atoms with Gasteiger partial charge in [0.2, 0.25) is 0 Å². The zero-order chi connectivity index (χ0) is 12.8. The summed E-state index contributed by atoms with van der Waals surface area (Å²) in [5.74, 6) is 1.60. The molecule has 0 spiro atoms. The highest BCUT2D eigenvalue weighted by molar-refractivity contribution is 5.85. The predicted octanol–water partition coefficient (Wildman–Crippen LogP) is 1.92. The Morgan fingerprint density at radius 1 is 1.32 bits per heavy atom. The number of rotatable bonds is 6. The lowest BCUT2D eigenvalue weighted by Crippen LogP contribution is -2.37.